The van der Waals surface area contributed by atoms with Crippen molar-refractivity contribution in [1.82, 2.24) is 9.62 Å². The molecule has 1 aliphatic heterocycles. The summed E-state index contributed by atoms with van der Waals surface area (Å²) in [6.07, 6.45) is 1.52. The van der Waals surface area contributed by atoms with Crippen LogP contribution in [0.2, 0.25) is 10.0 Å². The predicted molar refractivity (Wildman–Crippen MR) is 91.2 cm³/mol. The van der Waals surface area contributed by atoms with E-state index in [9.17, 15) is 18.5 Å². The molecule has 1 N–H and O–H groups in total. The summed E-state index contributed by atoms with van der Waals surface area (Å²) in [6.45, 7) is 0.547. The van der Waals surface area contributed by atoms with Crippen molar-refractivity contribution in [2.75, 3.05) is 20.1 Å². The molecule has 0 aromatic heterocycles. The van der Waals surface area contributed by atoms with Crippen LogP contribution in [0.4, 0.5) is 5.69 Å². The Balaban J connectivity index is 0.00000264. The maximum atomic E-state index is 12.8. The second kappa shape index (κ2) is 7.96. The molecule has 0 bridgehead atoms. The zero-order valence-electron chi connectivity index (χ0n) is 12.2. The van der Waals surface area contributed by atoms with Gasteiger partial charge in [0.15, 0.2) is 4.90 Å². The molecule has 0 spiro atoms. The second-order valence-electron chi connectivity index (χ2n) is 4.98. The lowest BCUT2D eigenvalue weighted by Crippen LogP contribution is -2.47. The van der Waals surface area contributed by atoms with E-state index in [2.05, 4.69) is 5.32 Å². The Labute approximate surface area is 150 Å². The molecular formula is C12H16Cl3N3O4S. The molecular weight excluding hydrogens is 389 g/mol. The van der Waals surface area contributed by atoms with Gasteiger partial charge in [0.1, 0.15) is 0 Å². The van der Waals surface area contributed by atoms with Crippen LogP contribution in [0.3, 0.4) is 0 Å². The molecule has 1 aliphatic rings. The van der Waals surface area contributed by atoms with E-state index >= 15 is 0 Å². The SMILES string of the molecule is CNC1CCCN(S(=O)(=O)c2c(Cl)cc(Cl)cc2[N+](=O)[O-])C1.Cl. The maximum absolute atomic E-state index is 12.8. The summed E-state index contributed by atoms with van der Waals surface area (Å²) in [5.41, 5.74) is -0.607. The lowest BCUT2D eigenvalue weighted by Gasteiger charge is -2.31. The number of sulfonamides is 1. The highest BCUT2D eigenvalue weighted by Gasteiger charge is 2.36. The normalized spacial score (nSPS) is 19.2. The van der Waals surface area contributed by atoms with Crippen LogP contribution < -0.4 is 5.32 Å². The second-order valence-corrected chi connectivity index (χ2v) is 7.70. The molecule has 0 saturated carbocycles. The number of benzene rings is 1. The number of nitrogens with zero attached hydrogens (tertiary/aromatic N) is 2. The van der Waals surface area contributed by atoms with Gasteiger partial charge < -0.3 is 5.32 Å². The van der Waals surface area contributed by atoms with Gasteiger partial charge in [-0.15, -0.1) is 12.4 Å². The van der Waals surface area contributed by atoms with Crippen molar-refractivity contribution in [3.63, 3.8) is 0 Å². The molecule has 1 unspecified atom stereocenters. The van der Waals surface area contributed by atoms with Gasteiger partial charge in [-0.3, -0.25) is 10.1 Å². The number of likely N-dealkylation sites (N-methyl/N-ethyl adjacent to an activating group) is 1. The Kier molecular flexibility index (Phi) is 7.06. The molecule has 1 saturated heterocycles. The minimum atomic E-state index is -4.07. The lowest BCUT2D eigenvalue weighted by atomic mass is 10.1. The Hall–Kier alpha value is -0.640. The first-order valence-electron chi connectivity index (χ1n) is 6.58. The average Bonchev–Trinajstić information content (AvgIpc) is 2.46. The summed E-state index contributed by atoms with van der Waals surface area (Å²) < 4.78 is 26.8. The average molecular weight is 405 g/mol. The van der Waals surface area contributed by atoms with Gasteiger partial charge in [0.05, 0.1) is 9.95 Å². The fourth-order valence-electron chi connectivity index (χ4n) is 2.46. The smallest absolute Gasteiger partial charge is 0.292 e. The van der Waals surface area contributed by atoms with E-state index in [0.29, 0.717) is 13.0 Å². The Bertz CT molecular complexity index is 699. The Morgan fingerprint density at radius 3 is 2.61 bits per heavy atom. The molecule has 1 aromatic carbocycles. The minimum Gasteiger partial charge on any atom is -0.316 e. The summed E-state index contributed by atoms with van der Waals surface area (Å²) in [4.78, 5) is 9.88. The van der Waals surface area contributed by atoms with Crippen molar-refractivity contribution in [2.24, 2.45) is 0 Å². The van der Waals surface area contributed by atoms with Crippen LogP contribution in [0.15, 0.2) is 17.0 Å². The molecule has 23 heavy (non-hydrogen) atoms. The van der Waals surface area contributed by atoms with Crippen LogP contribution in [0.25, 0.3) is 0 Å². The molecule has 130 valence electrons. The molecule has 1 aromatic rings. The fourth-order valence-corrected chi connectivity index (χ4v) is 4.95. The van der Waals surface area contributed by atoms with Crippen molar-refractivity contribution in [2.45, 2.75) is 23.8 Å². The van der Waals surface area contributed by atoms with Gasteiger partial charge in [-0.25, -0.2) is 8.42 Å². The van der Waals surface area contributed by atoms with Gasteiger partial charge in [0, 0.05) is 30.2 Å². The van der Waals surface area contributed by atoms with Gasteiger partial charge in [-0.2, -0.15) is 4.31 Å². The lowest BCUT2D eigenvalue weighted by molar-refractivity contribution is -0.387. The first-order valence-corrected chi connectivity index (χ1v) is 8.78. The minimum absolute atomic E-state index is 0. The van der Waals surface area contributed by atoms with Crippen LogP contribution in [0.1, 0.15) is 12.8 Å². The van der Waals surface area contributed by atoms with Crippen molar-refractivity contribution in [3.8, 4) is 0 Å². The Morgan fingerprint density at radius 2 is 2.04 bits per heavy atom. The third-order valence-corrected chi connectivity index (χ3v) is 6.16. The summed E-state index contributed by atoms with van der Waals surface area (Å²) >= 11 is 11.7. The third kappa shape index (κ3) is 4.26. The molecule has 1 atom stereocenters. The van der Waals surface area contributed by atoms with Crippen molar-refractivity contribution < 1.29 is 13.3 Å². The summed E-state index contributed by atoms with van der Waals surface area (Å²) in [6, 6.07) is 2.20. The van der Waals surface area contributed by atoms with Gasteiger partial charge in [0.25, 0.3) is 15.7 Å². The number of hydrogen-bond acceptors (Lipinski definition) is 5. The van der Waals surface area contributed by atoms with E-state index in [1.165, 1.54) is 10.4 Å². The molecule has 0 amide bonds. The van der Waals surface area contributed by atoms with Gasteiger partial charge >= 0.3 is 0 Å². The van der Waals surface area contributed by atoms with Gasteiger partial charge in [-0.1, -0.05) is 23.2 Å². The van der Waals surface area contributed by atoms with Crippen molar-refractivity contribution >= 4 is 51.3 Å². The largest absolute Gasteiger partial charge is 0.316 e. The number of halogens is 3. The summed E-state index contributed by atoms with van der Waals surface area (Å²) in [5, 5.41) is 14.0. The van der Waals surface area contributed by atoms with Crippen LogP contribution in [0.5, 0.6) is 0 Å². The number of nitro benzene ring substituents is 1. The van der Waals surface area contributed by atoms with E-state index in [-0.39, 0.29) is 35.0 Å². The third-order valence-electron chi connectivity index (χ3n) is 3.58. The van der Waals surface area contributed by atoms with Crippen LogP contribution in [-0.2, 0) is 10.0 Å². The highest BCUT2D eigenvalue weighted by Crippen LogP contribution is 2.36. The van der Waals surface area contributed by atoms with Crippen molar-refractivity contribution in [1.29, 1.82) is 0 Å². The number of hydrogen-bond donors (Lipinski definition) is 1. The quantitative estimate of drug-likeness (QED) is 0.615. The van der Waals surface area contributed by atoms with E-state index in [4.69, 9.17) is 23.2 Å². The molecule has 11 heteroatoms. The van der Waals surface area contributed by atoms with Crippen LogP contribution >= 0.6 is 35.6 Å². The van der Waals surface area contributed by atoms with E-state index < -0.39 is 25.5 Å². The molecule has 0 aliphatic carbocycles. The fraction of sp³-hybridized carbons (Fsp3) is 0.500. The van der Waals surface area contributed by atoms with E-state index in [1.54, 1.807) is 7.05 Å². The molecule has 2 rings (SSSR count). The Morgan fingerprint density at radius 1 is 1.39 bits per heavy atom. The van der Waals surface area contributed by atoms with Gasteiger partial charge in [-0.05, 0) is 26.0 Å². The highest BCUT2D eigenvalue weighted by atomic mass is 35.5. The number of nitro groups is 1. The number of piperidine rings is 1. The maximum Gasteiger partial charge on any atom is 0.292 e. The van der Waals surface area contributed by atoms with Crippen LogP contribution in [-0.4, -0.2) is 43.8 Å². The zero-order valence-corrected chi connectivity index (χ0v) is 15.3. The predicted octanol–water partition coefficient (Wildman–Crippen LogP) is 2.70. The van der Waals surface area contributed by atoms with Crippen LogP contribution in [0, 0.1) is 10.1 Å². The molecule has 0 radical (unpaired) electrons. The molecule has 7 nitrogen and oxygen atoms in total. The zero-order chi connectivity index (χ0) is 16.5. The molecule has 1 fully saturated rings. The highest BCUT2D eigenvalue weighted by molar-refractivity contribution is 7.89. The standard InChI is InChI=1S/C12H15Cl2N3O4S.ClH/c1-15-9-3-2-4-16(7-9)22(20,21)12-10(14)5-8(13)6-11(12)17(18)19;/h5-6,9,15H,2-4,7H2,1H3;1H. The first kappa shape index (κ1) is 20.4. The van der Waals surface area contributed by atoms with E-state index in [1.807, 2.05) is 0 Å². The number of nitrogens with one attached hydrogen (secondary N) is 1. The van der Waals surface area contributed by atoms with Gasteiger partial charge in [0.2, 0.25) is 0 Å². The number of rotatable bonds is 4. The summed E-state index contributed by atoms with van der Waals surface area (Å²) in [7, 11) is -2.32. The van der Waals surface area contributed by atoms with E-state index in [0.717, 1.165) is 12.5 Å². The topological polar surface area (TPSA) is 92.6 Å². The van der Waals surface area contributed by atoms with Crippen molar-refractivity contribution in [3.05, 3.63) is 32.3 Å². The summed E-state index contributed by atoms with van der Waals surface area (Å²) in [5.74, 6) is 0. The first-order chi connectivity index (χ1) is 10.3. The monoisotopic (exact) mass is 403 g/mol. The molecule has 1 heterocycles.